The number of hydrogen-bond acceptors (Lipinski definition) is 6. The predicted molar refractivity (Wildman–Crippen MR) is 279 cm³/mol. The Morgan fingerprint density at radius 2 is 0.677 bits per heavy atom. The zero-order valence-electron chi connectivity index (χ0n) is 41.7. The summed E-state index contributed by atoms with van der Waals surface area (Å²) in [6.45, 7) is 6.31. The van der Waals surface area contributed by atoms with Crippen molar-refractivity contribution in [3.8, 4) is 0 Å². The molecule has 0 aromatic carbocycles. The summed E-state index contributed by atoms with van der Waals surface area (Å²) < 4.78 is 16.8. The Labute approximate surface area is 399 Å². The van der Waals surface area contributed by atoms with Crippen molar-refractivity contribution in [3.05, 3.63) is 122 Å². The lowest BCUT2D eigenvalue weighted by atomic mass is 10.0. The minimum absolute atomic E-state index is 0.100. The lowest BCUT2D eigenvalue weighted by Crippen LogP contribution is -2.30. The van der Waals surface area contributed by atoms with E-state index >= 15 is 0 Å². The van der Waals surface area contributed by atoms with Crippen LogP contribution in [-0.4, -0.2) is 37.2 Å². The highest BCUT2D eigenvalue weighted by Gasteiger charge is 2.19. The first-order valence-corrected chi connectivity index (χ1v) is 26.1. The third-order valence-electron chi connectivity index (χ3n) is 10.7. The maximum Gasteiger partial charge on any atom is 0.306 e. The van der Waals surface area contributed by atoms with Gasteiger partial charge in [0.25, 0.3) is 0 Å². The molecule has 0 saturated carbocycles. The van der Waals surface area contributed by atoms with E-state index in [0.717, 1.165) is 103 Å². The molecule has 0 aromatic rings. The Balaban J connectivity index is 4.52. The SMILES string of the molecule is CC\C=C/C=C\C=C/C=C\C=C\C=C/C=C\CCCCCC(=O)OCC(COC(=O)CCCCCCCCCCCCCC)OC(=O)CCCCCCCC/C=C\C/C=C\C/C=C\CC. The Bertz CT molecular complexity index is 1400. The molecule has 0 heterocycles. The summed E-state index contributed by atoms with van der Waals surface area (Å²) in [5, 5.41) is 0. The van der Waals surface area contributed by atoms with E-state index in [1.807, 2.05) is 72.9 Å². The Kier molecular flexibility index (Phi) is 49.1. The van der Waals surface area contributed by atoms with Gasteiger partial charge in [-0.15, -0.1) is 0 Å². The molecule has 0 amide bonds. The number of carbonyl (C=O) groups is 3. The summed E-state index contributed by atoms with van der Waals surface area (Å²) in [4.78, 5) is 38.0. The van der Waals surface area contributed by atoms with Crippen LogP contribution in [0.5, 0.6) is 0 Å². The first kappa shape index (κ1) is 60.8. The normalized spacial score (nSPS) is 13.1. The second kappa shape index (κ2) is 52.4. The highest BCUT2D eigenvalue weighted by Crippen LogP contribution is 2.14. The molecule has 6 nitrogen and oxygen atoms in total. The molecule has 0 aliphatic heterocycles. The van der Waals surface area contributed by atoms with Crippen molar-refractivity contribution in [1.82, 2.24) is 0 Å². The molecule has 1 unspecified atom stereocenters. The molecule has 0 aliphatic carbocycles. The van der Waals surface area contributed by atoms with E-state index in [1.165, 1.54) is 70.6 Å². The minimum Gasteiger partial charge on any atom is -0.462 e. The fourth-order valence-corrected chi connectivity index (χ4v) is 6.79. The average molecular weight is 899 g/mol. The van der Waals surface area contributed by atoms with E-state index in [1.54, 1.807) is 0 Å². The molecule has 6 heteroatoms. The van der Waals surface area contributed by atoms with Gasteiger partial charge in [0, 0.05) is 19.3 Å². The van der Waals surface area contributed by atoms with Gasteiger partial charge in [-0.2, -0.15) is 0 Å². The van der Waals surface area contributed by atoms with Crippen LogP contribution in [0, 0.1) is 0 Å². The summed E-state index contributed by atoms with van der Waals surface area (Å²) in [5.74, 6) is -0.965. The fraction of sp³-hybridized carbons (Fsp3) is 0.610. The van der Waals surface area contributed by atoms with E-state index < -0.39 is 6.10 Å². The number of esters is 3. The third kappa shape index (κ3) is 50.7. The van der Waals surface area contributed by atoms with Crippen molar-refractivity contribution in [2.24, 2.45) is 0 Å². The Hall–Kier alpha value is -4.19. The molecular weight excluding hydrogens is 805 g/mol. The van der Waals surface area contributed by atoms with Crippen molar-refractivity contribution < 1.29 is 28.6 Å². The van der Waals surface area contributed by atoms with Gasteiger partial charge < -0.3 is 14.2 Å². The first-order valence-electron chi connectivity index (χ1n) is 26.1. The molecule has 0 bridgehead atoms. The number of unbranched alkanes of at least 4 members (excludes halogenated alkanes) is 20. The maximum atomic E-state index is 12.8. The Morgan fingerprint density at radius 1 is 0.338 bits per heavy atom. The minimum atomic E-state index is -0.805. The van der Waals surface area contributed by atoms with Crippen LogP contribution in [0.3, 0.4) is 0 Å². The molecule has 366 valence electrons. The maximum absolute atomic E-state index is 12.8. The van der Waals surface area contributed by atoms with E-state index in [2.05, 4.69) is 69.4 Å². The lowest BCUT2D eigenvalue weighted by Gasteiger charge is -2.18. The lowest BCUT2D eigenvalue weighted by molar-refractivity contribution is -0.167. The van der Waals surface area contributed by atoms with E-state index in [4.69, 9.17) is 14.2 Å². The van der Waals surface area contributed by atoms with Gasteiger partial charge in [-0.25, -0.2) is 0 Å². The highest BCUT2D eigenvalue weighted by molar-refractivity contribution is 5.71. The number of ether oxygens (including phenoxy) is 3. The third-order valence-corrected chi connectivity index (χ3v) is 10.7. The number of hydrogen-bond donors (Lipinski definition) is 0. The number of rotatable bonds is 45. The van der Waals surface area contributed by atoms with Crippen molar-refractivity contribution in [1.29, 1.82) is 0 Å². The smallest absolute Gasteiger partial charge is 0.306 e. The van der Waals surface area contributed by atoms with Crippen molar-refractivity contribution in [3.63, 3.8) is 0 Å². The summed E-state index contributed by atoms with van der Waals surface area (Å²) >= 11 is 0. The molecule has 0 rings (SSSR count). The standard InChI is InChI=1S/C59H94O6/c1-4-7-10-13-16-19-22-25-27-29-30-31-33-34-37-40-43-46-49-52-58(61)64-55-56(54-63-57(60)51-48-45-42-39-36-24-21-18-15-12-9-6-3)65-59(62)53-50-47-44-41-38-35-32-28-26-23-20-17-14-11-8-5-2/h7-8,10-11,13,16-17,19-20,22,25-31,33-34,37,56H,4-6,9,12,14-15,18,21,23-24,32,35-36,38-55H2,1-3H3/b10-7-,11-8-,16-13-,20-17-,22-19-,27-25-,28-26-,30-29+,33-31-,37-34-. The highest BCUT2D eigenvalue weighted by atomic mass is 16.6. The van der Waals surface area contributed by atoms with Crippen LogP contribution >= 0.6 is 0 Å². The zero-order chi connectivity index (χ0) is 47.2. The molecule has 0 spiro atoms. The van der Waals surface area contributed by atoms with Gasteiger partial charge in [0.2, 0.25) is 0 Å². The molecule has 0 aromatic heterocycles. The van der Waals surface area contributed by atoms with Crippen LogP contribution in [0.25, 0.3) is 0 Å². The molecule has 0 fully saturated rings. The zero-order valence-corrected chi connectivity index (χ0v) is 41.7. The summed E-state index contributed by atoms with van der Waals surface area (Å²) in [7, 11) is 0. The average Bonchev–Trinajstić information content (AvgIpc) is 3.30. The molecule has 0 aliphatic rings. The first-order chi connectivity index (χ1) is 32.0. The van der Waals surface area contributed by atoms with Gasteiger partial charge in [-0.1, -0.05) is 245 Å². The second-order valence-electron chi connectivity index (χ2n) is 16.9. The van der Waals surface area contributed by atoms with E-state index in [0.29, 0.717) is 19.3 Å². The van der Waals surface area contributed by atoms with Crippen molar-refractivity contribution in [2.45, 2.75) is 219 Å². The molecule has 0 N–H and O–H groups in total. The Morgan fingerprint density at radius 3 is 1.14 bits per heavy atom. The van der Waals surface area contributed by atoms with Gasteiger partial charge in [0.15, 0.2) is 6.10 Å². The molecular formula is C59H94O6. The number of carbonyl (C=O) groups excluding carboxylic acids is 3. The largest absolute Gasteiger partial charge is 0.462 e. The quantitative estimate of drug-likeness (QED) is 0.0199. The van der Waals surface area contributed by atoms with Crippen LogP contribution in [0.15, 0.2) is 122 Å². The van der Waals surface area contributed by atoms with Crippen molar-refractivity contribution in [2.75, 3.05) is 13.2 Å². The summed E-state index contributed by atoms with van der Waals surface area (Å²) in [6, 6.07) is 0. The predicted octanol–water partition coefficient (Wildman–Crippen LogP) is 17.3. The molecule has 0 radical (unpaired) electrons. The van der Waals surface area contributed by atoms with E-state index in [-0.39, 0.29) is 31.1 Å². The van der Waals surface area contributed by atoms with E-state index in [9.17, 15) is 14.4 Å². The second-order valence-corrected chi connectivity index (χ2v) is 16.9. The summed E-state index contributed by atoms with van der Waals surface area (Å²) in [5.41, 5.74) is 0. The molecule has 1 atom stereocenters. The van der Waals surface area contributed by atoms with Gasteiger partial charge in [0.05, 0.1) is 0 Å². The molecule has 65 heavy (non-hydrogen) atoms. The summed E-state index contributed by atoms with van der Waals surface area (Å²) in [6.07, 6.45) is 71.7. The number of allylic oxidation sites excluding steroid dienone is 20. The molecule has 0 saturated heterocycles. The monoisotopic (exact) mass is 899 g/mol. The van der Waals surface area contributed by atoms with Gasteiger partial charge in [-0.3, -0.25) is 14.4 Å². The van der Waals surface area contributed by atoms with Crippen LogP contribution in [0.2, 0.25) is 0 Å². The van der Waals surface area contributed by atoms with Gasteiger partial charge in [0.1, 0.15) is 13.2 Å². The fourth-order valence-electron chi connectivity index (χ4n) is 6.79. The topological polar surface area (TPSA) is 78.9 Å². The van der Waals surface area contributed by atoms with Gasteiger partial charge in [-0.05, 0) is 70.6 Å². The van der Waals surface area contributed by atoms with Gasteiger partial charge >= 0.3 is 17.9 Å². The van der Waals surface area contributed by atoms with Crippen LogP contribution in [-0.2, 0) is 28.6 Å². The van der Waals surface area contributed by atoms with Crippen LogP contribution < -0.4 is 0 Å². The van der Waals surface area contributed by atoms with Crippen molar-refractivity contribution >= 4 is 17.9 Å². The van der Waals surface area contributed by atoms with Crippen LogP contribution in [0.4, 0.5) is 0 Å². The van der Waals surface area contributed by atoms with Crippen LogP contribution in [0.1, 0.15) is 213 Å².